The number of methoxy groups -OCH3 is 1. The van der Waals surface area contributed by atoms with Gasteiger partial charge in [-0.15, -0.1) is 11.3 Å². The van der Waals surface area contributed by atoms with E-state index in [-0.39, 0.29) is 18.3 Å². The molecule has 1 N–H and O–H groups in total. The number of amides is 1. The van der Waals surface area contributed by atoms with Gasteiger partial charge >= 0.3 is 6.16 Å². The summed E-state index contributed by atoms with van der Waals surface area (Å²) in [6, 6.07) is 10.6. The lowest BCUT2D eigenvalue weighted by Gasteiger charge is -2.19. The first-order valence-corrected chi connectivity index (χ1v) is 11.9. The van der Waals surface area contributed by atoms with Crippen molar-refractivity contribution in [2.75, 3.05) is 26.1 Å². The third-order valence-electron chi connectivity index (χ3n) is 4.88. The summed E-state index contributed by atoms with van der Waals surface area (Å²) in [6.45, 7) is 5.27. The highest BCUT2D eigenvalue weighted by molar-refractivity contribution is 7.07. The van der Waals surface area contributed by atoms with E-state index in [2.05, 4.69) is 15.4 Å². The van der Waals surface area contributed by atoms with E-state index in [0.29, 0.717) is 27.6 Å². The van der Waals surface area contributed by atoms with Crippen molar-refractivity contribution in [2.45, 2.75) is 26.4 Å². The number of nitrogens with zero attached hydrogens (tertiary/aromatic N) is 3. The van der Waals surface area contributed by atoms with Crippen LogP contribution in [0, 0.1) is 0 Å². The van der Waals surface area contributed by atoms with Crippen molar-refractivity contribution in [3.8, 4) is 28.5 Å². The molecule has 10 nitrogen and oxygen atoms in total. The number of carbonyl (C=O) groups excluding carboxylic acids is 2. The molecule has 4 rings (SSSR count). The molecule has 11 heteroatoms. The third-order valence-corrected chi connectivity index (χ3v) is 5.79. The predicted molar refractivity (Wildman–Crippen MR) is 136 cm³/mol. The molecule has 3 aromatic rings. The van der Waals surface area contributed by atoms with Crippen molar-refractivity contribution in [2.24, 2.45) is 10.1 Å². The maximum absolute atomic E-state index is 12.0. The summed E-state index contributed by atoms with van der Waals surface area (Å²) >= 11 is 1.43. The van der Waals surface area contributed by atoms with Crippen LogP contribution < -0.4 is 24.3 Å². The minimum atomic E-state index is -0.818. The maximum atomic E-state index is 12.0. The molecular formula is C25H26N4O6S. The van der Waals surface area contributed by atoms with Gasteiger partial charge in [-0.25, -0.2) is 9.47 Å². The molecule has 2 heterocycles. The Morgan fingerprint density at radius 1 is 1.19 bits per heavy atom. The van der Waals surface area contributed by atoms with Gasteiger partial charge in [0.2, 0.25) is 4.80 Å². The zero-order chi connectivity index (χ0) is 25.9. The van der Waals surface area contributed by atoms with Crippen LogP contribution in [-0.4, -0.2) is 49.3 Å². The van der Waals surface area contributed by atoms with Crippen LogP contribution in [-0.2, 0) is 9.53 Å². The number of nitrogens with one attached hydrogen (secondary N) is 1. The van der Waals surface area contributed by atoms with Crippen LogP contribution in [0.4, 0.5) is 10.5 Å². The molecule has 0 bridgehead atoms. The van der Waals surface area contributed by atoms with Crippen LogP contribution in [0.25, 0.3) is 11.3 Å². The topological polar surface area (TPSA) is 113 Å². The van der Waals surface area contributed by atoms with Crippen molar-refractivity contribution < 1.29 is 28.5 Å². The largest absolute Gasteiger partial charge is 0.514 e. The Balaban J connectivity index is 1.61. The average Bonchev–Trinajstić information content (AvgIpc) is 3.24. The molecule has 2 aromatic carbocycles. The molecule has 1 aliphatic rings. The van der Waals surface area contributed by atoms with E-state index in [9.17, 15) is 9.59 Å². The Labute approximate surface area is 211 Å². The number of carbonyl (C=O) groups is 2. The van der Waals surface area contributed by atoms with Gasteiger partial charge in [-0.05, 0) is 62.7 Å². The van der Waals surface area contributed by atoms with E-state index in [4.69, 9.17) is 18.9 Å². The molecule has 0 spiro atoms. The smallest absolute Gasteiger partial charge is 0.493 e. The van der Waals surface area contributed by atoms with E-state index in [1.54, 1.807) is 56.9 Å². The van der Waals surface area contributed by atoms with E-state index < -0.39 is 11.8 Å². The van der Waals surface area contributed by atoms with Crippen LogP contribution in [0.2, 0.25) is 0 Å². The van der Waals surface area contributed by atoms with Crippen LogP contribution in [0.3, 0.4) is 0 Å². The highest BCUT2D eigenvalue weighted by Crippen LogP contribution is 2.33. The van der Waals surface area contributed by atoms with E-state index in [1.807, 2.05) is 23.6 Å². The summed E-state index contributed by atoms with van der Waals surface area (Å²) < 4.78 is 23.0. The Morgan fingerprint density at radius 2 is 2.00 bits per heavy atom. The normalized spacial score (nSPS) is 13.7. The van der Waals surface area contributed by atoms with E-state index in [0.717, 1.165) is 11.3 Å². The highest BCUT2D eigenvalue weighted by Gasteiger charge is 2.20. The van der Waals surface area contributed by atoms with Crippen LogP contribution >= 0.6 is 11.3 Å². The fourth-order valence-corrected chi connectivity index (χ4v) is 4.14. The summed E-state index contributed by atoms with van der Waals surface area (Å²) in [5.41, 5.74) is 2.26. The summed E-state index contributed by atoms with van der Waals surface area (Å²) in [6.07, 6.45) is 0.829. The number of rotatable bonds is 5. The van der Waals surface area contributed by atoms with E-state index >= 15 is 0 Å². The lowest BCUT2D eigenvalue weighted by molar-refractivity contribution is -0.118. The second kappa shape index (κ2) is 10.2. The van der Waals surface area contributed by atoms with Gasteiger partial charge in [0, 0.05) is 18.0 Å². The standard InChI is InChI=1S/C25H26N4O6S/c1-25(2,3)35-24(31)34-20-8-6-15(10-21(20)32-5)12-27-29-18(14-36-23(29)26-4)16-7-9-19-17(11-16)28-22(30)13-33-19/h6-12,14H,13H2,1-5H3,(H,28,30). The zero-order valence-electron chi connectivity index (χ0n) is 20.5. The summed E-state index contributed by atoms with van der Waals surface area (Å²) in [5.74, 6) is 1.000. The van der Waals surface area contributed by atoms with Crippen molar-refractivity contribution in [1.29, 1.82) is 0 Å². The second-order valence-corrected chi connectivity index (χ2v) is 9.54. The Hall–Kier alpha value is -4.12. The van der Waals surface area contributed by atoms with E-state index in [1.165, 1.54) is 18.4 Å². The first-order valence-electron chi connectivity index (χ1n) is 11.0. The molecule has 188 valence electrons. The first-order chi connectivity index (χ1) is 17.2. The lowest BCUT2D eigenvalue weighted by atomic mass is 10.1. The Bertz CT molecular complexity index is 1400. The molecule has 0 unspecified atom stereocenters. The average molecular weight is 511 g/mol. The number of anilines is 1. The van der Waals surface area contributed by atoms with Crippen molar-refractivity contribution >= 4 is 35.3 Å². The predicted octanol–water partition coefficient (Wildman–Crippen LogP) is 4.28. The lowest BCUT2D eigenvalue weighted by Crippen LogP contribution is -2.26. The molecule has 0 saturated heterocycles. The van der Waals surface area contributed by atoms with Crippen LogP contribution in [0.15, 0.2) is 51.9 Å². The van der Waals surface area contributed by atoms with Crippen molar-refractivity contribution in [3.05, 3.63) is 52.1 Å². The van der Waals surface area contributed by atoms with Gasteiger partial charge in [-0.3, -0.25) is 9.79 Å². The summed E-state index contributed by atoms with van der Waals surface area (Å²) in [7, 11) is 3.17. The summed E-state index contributed by atoms with van der Waals surface area (Å²) in [4.78, 5) is 28.8. The molecular weight excluding hydrogens is 484 g/mol. The SMILES string of the molecule is CN=c1scc(-c2ccc3c(c2)NC(=O)CO3)n1N=Cc1ccc(OC(=O)OC(C)(C)C)c(OC)c1. The Morgan fingerprint density at radius 3 is 2.72 bits per heavy atom. The van der Waals surface area contributed by atoms with Gasteiger partial charge in [0.15, 0.2) is 18.1 Å². The summed E-state index contributed by atoms with van der Waals surface area (Å²) in [5, 5.41) is 9.38. The fraction of sp³-hybridized carbons (Fsp3) is 0.280. The quantitative estimate of drug-likeness (QED) is 0.311. The molecule has 1 aliphatic heterocycles. The fourth-order valence-electron chi connectivity index (χ4n) is 3.34. The molecule has 1 amide bonds. The van der Waals surface area contributed by atoms with Crippen molar-refractivity contribution in [3.63, 3.8) is 0 Å². The minimum Gasteiger partial charge on any atom is -0.493 e. The zero-order valence-corrected chi connectivity index (χ0v) is 21.3. The molecule has 0 radical (unpaired) electrons. The van der Waals surface area contributed by atoms with Crippen LogP contribution in [0.5, 0.6) is 17.2 Å². The van der Waals surface area contributed by atoms with Gasteiger partial charge in [-0.1, -0.05) is 0 Å². The van der Waals surface area contributed by atoms with Gasteiger partial charge in [0.1, 0.15) is 11.4 Å². The number of hydrogen-bond acceptors (Lipinski definition) is 9. The van der Waals surface area contributed by atoms with Gasteiger partial charge < -0.3 is 24.3 Å². The number of aromatic nitrogens is 1. The second-order valence-electron chi connectivity index (χ2n) is 8.71. The molecule has 0 aliphatic carbocycles. The van der Waals surface area contributed by atoms with Gasteiger partial charge in [0.25, 0.3) is 5.91 Å². The molecule has 0 saturated carbocycles. The van der Waals surface area contributed by atoms with Gasteiger partial charge in [0.05, 0.1) is 24.7 Å². The molecule has 36 heavy (non-hydrogen) atoms. The third kappa shape index (κ3) is 5.74. The maximum Gasteiger partial charge on any atom is 0.514 e. The molecule has 1 aromatic heterocycles. The minimum absolute atomic E-state index is 0.000972. The number of fused-ring (bicyclic) bond motifs is 1. The molecule has 0 atom stereocenters. The first kappa shape index (κ1) is 25.0. The highest BCUT2D eigenvalue weighted by atomic mass is 32.1. The molecule has 0 fully saturated rings. The van der Waals surface area contributed by atoms with Crippen molar-refractivity contribution in [1.82, 2.24) is 4.68 Å². The number of thiazole rings is 1. The van der Waals surface area contributed by atoms with Crippen LogP contribution in [0.1, 0.15) is 26.3 Å². The monoisotopic (exact) mass is 510 g/mol. The Kier molecular flexibility index (Phi) is 7.11. The number of ether oxygens (including phenoxy) is 4. The number of hydrogen-bond donors (Lipinski definition) is 1. The number of benzene rings is 2. The van der Waals surface area contributed by atoms with Gasteiger partial charge in [-0.2, -0.15) is 5.10 Å².